The Labute approximate surface area is 131 Å². The molecule has 114 valence electrons. The second-order valence-electron chi connectivity index (χ2n) is 4.87. The van der Waals surface area contributed by atoms with E-state index in [1.807, 2.05) is 6.92 Å². The number of nitrogen functional groups attached to an aromatic ring is 1. The van der Waals surface area contributed by atoms with Gasteiger partial charge in [-0.3, -0.25) is 9.59 Å². The van der Waals surface area contributed by atoms with Crippen LogP contribution in [0, 0.1) is 5.92 Å². The number of carboxylic acid groups (broad SMARTS) is 1. The number of aliphatic carboxylic acids is 1. The van der Waals surface area contributed by atoms with Crippen molar-refractivity contribution in [3.63, 3.8) is 0 Å². The molecule has 3 N–H and O–H groups in total. The number of halogens is 1. The predicted molar refractivity (Wildman–Crippen MR) is 81.0 cm³/mol. The lowest BCUT2D eigenvalue weighted by Gasteiger charge is -2.29. The summed E-state index contributed by atoms with van der Waals surface area (Å²) in [5, 5.41) is 9.22. The Morgan fingerprint density at radius 3 is 2.76 bits per heavy atom. The molecule has 1 amide bonds. The summed E-state index contributed by atoms with van der Waals surface area (Å²) < 4.78 is 6.02. The van der Waals surface area contributed by atoms with Crippen LogP contribution in [0.3, 0.4) is 0 Å². The third-order valence-corrected chi connectivity index (χ3v) is 4.11. The van der Waals surface area contributed by atoms with Crippen LogP contribution in [0.4, 0.5) is 5.69 Å². The van der Waals surface area contributed by atoms with Gasteiger partial charge in [0.15, 0.2) is 0 Å². The van der Waals surface area contributed by atoms with Crippen molar-refractivity contribution in [2.24, 2.45) is 5.92 Å². The Morgan fingerprint density at radius 1 is 1.48 bits per heavy atom. The molecule has 2 rings (SSSR count). The number of hydrogen-bond donors (Lipinski definition) is 2. The third-order valence-electron chi connectivity index (χ3n) is 3.61. The largest absolute Gasteiger partial charge is 0.481 e. The predicted octanol–water partition coefficient (Wildman–Crippen LogP) is 1.59. The summed E-state index contributed by atoms with van der Waals surface area (Å²) >= 11 is 3.29. The van der Waals surface area contributed by atoms with Crippen LogP contribution in [-0.2, 0) is 9.53 Å². The van der Waals surface area contributed by atoms with Gasteiger partial charge in [-0.2, -0.15) is 0 Å². The number of rotatable bonds is 4. The molecule has 2 atom stereocenters. The summed E-state index contributed by atoms with van der Waals surface area (Å²) in [4.78, 5) is 25.4. The SMILES string of the molecule is CCN(C(=O)c1ccc(Br)cc1N)C1COCC1C(=O)O. The molecule has 1 aliphatic heterocycles. The highest BCUT2D eigenvalue weighted by atomic mass is 79.9. The monoisotopic (exact) mass is 356 g/mol. The highest BCUT2D eigenvalue weighted by Crippen LogP contribution is 2.25. The Kier molecular flexibility index (Phi) is 4.84. The number of hydrogen-bond acceptors (Lipinski definition) is 4. The van der Waals surface area contributed by atoms with E-state index in [2.05, 4.69) is 15.9 Å². The number of ether oxygens (including phenoxy) is 1. The molecule has 0 radical (unpaired) electrons. The molecule has 6 nitrogen and oxygen atoms in total. The minimum atomic E-state index is -0.951. The molecule has 0 spiro atoms. The van der Waals surface area contributed by atoms with Crippen LogP contribution in [0.5, 0.6) is 0 Å². The molecule has 1 saturated heterocycles. The summed E-state index contributed by atoms with van der Waals surface area (Å²) in [5.41, 5.74) is 6.61. The van der Waals surface area contributed by atoms with Crippen LogP contribution in [-0.4, -0.2) is 47.7 Å². The topological polar surface area (TPSA) is 92.9 Å². The summed E-state index contributed by atoms with van der Waals surface area (Å²) in [6, 6.07) is 4.55. The van der Waals surface area contributed by atoms with Crippen molar-refractivity contribution >= 4 is 33.5 Å². The zero-order valence-electron chi connectivity index (χ0n) is 11.6. The van der Waals surface area contributed by atoms with Crippen molar-refractivity contribution in [1.82, 2.24) is 4.90 Å². The van der Waals surface area contributed by atoms with Crippen molar-refractivity contribution in [3.8, 4) is 0 Å². The van der Waals surface area contributed by atoms with Gasteiger partial charge in [-0.1, -0.05) is 15.9 Å². The van der Waals surface area contributed by atoms with Crippen molar-refractivity contribution in [2.75, 3.05) is 25.5 Å². The van der Waals surface area contributed by atoms with Gasteiger partial charge >= 0.3 is 5.97 Å². The Morgan fingerprint density at radius 2 is 2.19 bits per heavy atom. The summed E-state index contributed by atoms with van der Waals surface area (Å²) in [6.45, 7) is 2.56. The molecule has 1 aliphatic rings. The molecule has 1 fully saturated rings. The van der Waals surface area contributed by atoms with Gasteiger partial charge in [0, 0.05) is 16.7 Å². The smallest absolute Gasteiger partial charge is 0.311 e. The van der Waals surface area contributed by atoms with E-state index in [-0.39, 0.29) is 19.1 Å². The molecule has 1 aromatic rings. The van der Waals surface area contributed by atoms with E-state index in [4.69, 9.17) is 10.5 Å². The molecule has 0 bridgehead atoms. The van der Waals surface area contributed by atoms with Crippen molar-refractivity contribution in [1.29, 1.82) is 0 Å². The zero-order valence-corrected chi connectivity index (χ0v) is 13.2. The van der Waals surface area contributed by atoms with Gasteiger partial charge in [-0.25, -0.2) is 0 Å². The van der Waals surface area contributed by atoms with Crippen molar-refractivity contribution in [2.45, 2.75) is 13.0 Å². The van der Waals surface area contributed by atoms with E-state index in [0.717, 1.165) is 4.47 Å². The zero-order chi connectivity index (χ0) is 15.6. The van der Waals surface area contributed by atoms with Crippen LogP contribution in [0.2, 0.25) is 0 Å². The molecule has 21 heavy (non-hydrogen) atoms. The second-order valence-corrected chi connectivity index (χ2v) is 5.79. The van der Waals surface area contributed by atoms with Crippen molar-refractivity contribution < 1.29 is 19.4 Å². The van der Waals surface area contributed by atoms with E-state index in [0.29, 0.717) is 17.8 Å². The molecule has 1 heterocycles. The lowest BCUT2D eigenvalue weighted by atomic mass is 10.0. The Hall–Kier alpha value is -1.60. The number of likely N-dealkylation sites (N-methyl/N-ethyl adjacent to an activating group) is 1. The number of anilines is 1. The van der Waals surface area contributed by atoms with E-state index in [9.17, 15) is 14.7 Å². The first-order chi connectivity index (χ1) is 9.95. The highest BCUT2D eigenvalue weighted by molar-refractivity contribution is 9.10. The quantitative estimate of drug-likeness (QED) is 0.799. The van der Waals surface area contributed by atoms with Gasteiger partial charge in [0.1, 0.15) is 5.92 Å². The number of carboxylic acids is 1. The molecule has 2 unspecified atom stereocenters. The standard InChI is InChI=1S/C14H17BrN2O4/c1-2-17(12-7-21-6-10(12)14(19)20)13(18)9-4-3-8(15)5-11(9)16/h3-5,10,12H,2,6-7,16H2,1H3,(H,19,20). The average molecular weight is 357 g/mol. The lowest BCUT2D eigenvalue weighted by molar-refractivity contribution is -0.142. The first-order valence-electron chi connectivity index (χ1n) is 6.62. The van der Waals surface area contributed by atoms with E-state index < -0.39 is 17.9 Å². The normalized spacial score (nSPS) is 21.2. The van der Waals surface area contributed by atoms with Crippen LogP contribution >= 0.6 is 15.9 Å². The maximum atomic E-state index is 12.6. The Bertz CT molecular complexity index is 564. The highest BCUT2D eigenvalue weighted by Gasteiger charge is 2.39. The summed E-state index contributed by atoms with van der Waals surface area (Å²) in [7, 11) is 0. The number of benzene rings is 1. The first kappa shape index (κ1) is 15.8. The number of carbonyl (C=O) groups excluding carboxylic acids is 1. The fourth-order valence-corrected chi connectivity index (χ4v) is 2.88. The van der Waals surface area contributed by atoms with E-state index in [1.165, 1.54) is 4.90 Å². The third kappa shape index (κ3) is 3.19. The van der Waals surface area contributed by atoms with E-state index >= 15 is 0 Å². The van der Waals surface area contributed by atoms with Gasteiger partial charge < -0.3 is 20.5 Å². The van der Waals surface area contributed by atoms with Gasteiger partial charge in [0.25, 0.3) is 5.91 Å². The lowest BCUT2D eigenvalue weighted by Crippen LogP contribution is -2.46. The van der Waals surface area contributed by atoms with Crippen LogP contribution in [0.1, 0.15) is 17.3 Å². The maximum absolute atomic E-state index is 12.6. The molecular formula is C14H17BrN2O4. The number of nitrogens with zero attached hydrogens (tertiary/aromatic N) is 1. The van der Waals surface area contributed by atoms with Gasteiger partial charge in [0.05, 0.1) is 24.8 Å². The van der Waals surface area contributed by atoms with Gasteiger partial charge in [-0.15, -0.1) is 0 Å². The molecule has 0 aromatic heterocycles. The number of nitrogens with two attached hydrogens (primary N) is 1. The van der Waals surface area contributed by atoms with Gasteiger partial charge in [-0.05, 0) is 25.1 Å². The molecule has 0 aliphatic carbocycles. The van der Waals surface area contributed by atoms with Crippen LogP contribution in [0.15, 0.2) is 22.7 Å². The minimum Gasteiger partial charge on any atom is -0.481 e. The van der Waals surface area contributed by atoms with Crippen LogP contribution in [0.25, 0.3) is 0 Å². The fraction of sp³-hybridized carbons (Fsp3) is 0.429. The number of amides is 1. The summed E-state index contributed by atoms with van der Waals surface area (Å²) in [5.74, 6) is -1.93. The molecular weight excluding hydrogens is 340 g/mol. The van der Waals surface area contributed by atoms with E-state index in [1.54, 1.807) is 18.2 Å². The van der Waals surface area contributed by atoms with Gasteiger partial charge in [0.2, 0.25) is 0 Å². The molecule has 1 aromatic carbocycles. The second kappa shape index (κ2) is 6.44. The Balaban J connectivity index is 2.28. The van der Waals surface area contributed by atoms with Crippen LogP contribution < -0.4 is 5.73 Å². The molecule has 0 saturated carbocycles. The van der Waals surface area contributed by atoms with Crippen molar-refractivity contribution in [3.05, 3.63) is 28.2 Å². The first-order valence-corrected chi connectivity index (χ1v) is 7.41. The maximum Gasteiger partial charge on any atom is 0.311 e. The molecule has 7 heteroatoms. The fourth-order valence-electron chi connectivity index (χ4n) is 2.50. The minimum absolute atomic E-state index is 0.125. The summed E-state index contributed by atoms with van der Waals surface area (Å²) in [6.07, 6.45) is 0. The number of carbonyl (C=O) groups is 2. The average Bonchev–Trinajstić information content (AvgIpc) is 2.88.